The van der Waals surface area contributed by atoms with E-state index in [-0.39, 0.29) is 11.9 Å². The van der Waals surface area contributed by atoms with Crippen LogP contribution in [0.4, 0.5) is 5.88 Å². The number of nitriles is 1. The first kappa shape index (κ1) is 17.6. The highest BCUT2D eigenvalue weighted by Crippen LogP contribution is 2.20. The van der Waals surface area contributed by atoms with E-state index in [1.165, 1.54) is 0 Å². The topological polar surface area (TPSA) is 89.2 Å². The molecule has 0 saturated heterocycles. The third-order valence-corrected chi connectivity index (χ3v) is 3.51. The molecular formula is C19H22N2O3. The van der Waals surface area contributed by atoms with Crippen LogP contribution in [0.2, 0.25) is 0 Å². The molecule has 2 aromatic rings. The molecule has 2 rings (SSSR count). The van der Waals surface area contributed by atoms with Gasteiger partial charge in [-0.3, -0.25) is 0 Å². The molecule has 5 nitrogen and oxygen atoms in total. The number of hydrogen-bond donors (Lipinski definition) is 1. The lowest BCUT2D eigenvalue weighted by Crippen LogP contribution is -2.23. The SMILES string of the molecule is CC(C)(C)OC(=O)c1ccc(CCCc2coc(N)c2C#N)cc1. The molecule has 0 amide bonds. The van der Waals surface area contributed by atoms with E-state index in [1.54, 1.807) is 18.4 Å². The first-order valence-corrected chi connectivity index (χ1v) is 7.88. The van der Waals surface area contributed by atoms with Gasteiger partial charge in [0.05, 0.1) is 11.8 Å². The summed E-state index contributed by atoms with van der Waals surface area (Å²) < 4.78 is 10.4. The van der Waals surface area contributed by atoms with E-state index in [2.05, 4.69) is 6.07 Å². The summed E-state index contributed by atoms with van der Waals surface area (Å²) in [5.74, 6) is -0.143. The van der Waals surface area contributed by atoms with Crippen molar-refractivity contribution in [3.63, 3.8) is 0 Å². The van der Waals surface area contributed by atoms with Crippen LogP contribution in [0, 0.1) is 11.3 Å². The molecule has 0 unspecified atom stereocenters. The van der Waals surface area contributed by atoms with Crippen LogP contribution in [0.15, 0.2) is 34.9 Å². The van der Waals surface area contributed by atoms with E-state index in [1.807, 2.05) is 32.9 Å². The molecule has 2 N–H and O–H groups in total. The molecule has 0 aliphatic heterocycles. The largest absolute Gasteiger partial charge is 0.456 e. The molecule has 1 aromatic heterocycles. The van der Waals surface area contributed by atoms with Crippen molar-refractivity contribution in [2.75, 3.05) is 5.73 Å². The molecule has 24 heavy (non-hydrogen) atoms. The van der Waals surface area contributed by atoms with Crippen LogP contribution in [0.5, 0.6) is 0 Å². The Morgan fingerprint density at radius 2 is 1.92 bits per heavy atom. The van der Waals surface area contributed by atoms with Crippen LogP contribution in [0.1, 0.15) is 54.2 Å². The van der Waals surface area contributed by atoms with Crippen LogP contribution in [0.3, 0.4) is 0 Å². The van der Waals surface area contributed by atoms with Crippen molar-refractivity contribution in [3.8, 4) is 6.07 Å². The van der Waals surface area contributed by atoms with Gasteiger partial charge in [0.25, 0.3) is 0 Å². The summed E-state index contributed by atoms with van der Waals surface area (Å²) in [5, 5.41) is 9.03. The van der Waals surface area contributed by atoms with Crippen LogP contribution in [-0.2, 0) is 17.6 Å². The number of hydrogen-bond acceptors (Lipinski definition) is 5. The number of nitrogens with two attached hydrogens (primary N) is 1. The maximum Gasteiger partial charge on any atom is 0.338 e. The van der Waals surface area contributed by atoms with Gasteiger partial charge in [-0.15, -0.1) is 0 Å². The number of benzene rings is 1. The van der Waals surface area contributed by atoms with Gasteiger partial charge in [0, 0.05) is 5.56 Å². The highest BCUT2D eigenvalue weighted by atomic mass is 16.6. The van der Waals surface area contributed by atoms with E-state index in [4.69, 9.17) is 20.1 Å². The number of rotatable bonds is 5. The second-order valence-electron chi connectivity index (χ2n) is 6.66. The Bertz CT molecular complexity index is 746. The predicted octanol–water partition coefficient (Wildman–Crippen LogP) is 3.86. The zero-order valence-corrected chi connectivity index (χ0v) is 14.3. The zero-order chi connectivity index (χ0) is 17.7. The van der Waals surface area contributed by atoms with Crippen LogP contribution in [-0.4, -0.2) is 11.6 Å². The minimum Gasteiger partial charge on any atom is -0.456 e. The predicted molar refractivity (Wildman–Crippen MR) is 91.5 cm³/mol. The first-order chi connectivity index (χ1) is 11.3. The Balaban J connectivity index is 1.90. The number of carbonyl (C=O) groups is 1. The van der Waals surface area contributed by atoms with Crippen molar-refractivity contribution in [3.05, 3.63) is 52.8 Å². The van der Waals surface area contributed by atoms with E-state index >= 15 is 0 Å². The molecule has 0 bridgehead atoms. The third-order valence-electron chi connectivity index (χ3n) is 3.51. The molecule has 0 radical (unpaired) electrons. The van der Waals surface area contributed by atoms with Crippen molar-refractivity contribution in [1.82, 2.24) is 0 Å². The van der Waals surface area contributed by atoms with E-state index in [0.717, 1.165) is 30.4 Å². The van der Waals surface area contributed by atoms with Gasteiger partial charge in [0.2, 0.25) is 5.88 Å². The number of aryl methyl sites for hydroxylation is 2. The van der Waals surface area contributed by atoms with E-state index in [9.17, 15) is 4.79 Å². The quantitative estimate of drug-likeness (QED) is 0.843. The highest BCUT2D eigenvalue weighted by Gasteiger charge is 2.17. The lowest BCUT2D eigenvalue weighted by molar-refractivity contribution is 0.00695. The minimum absolute atomic E-state index is 0.175. The average molecular weight is 326 g/mol. The van der Waals surface area contributed by atoms with Gasteiger partial charge in [0.1, 0.15) is 17.2 Å². The molecular weight excluding hydrogens is 304 g/mol. The van der Waals surface area contributed by atoms with Gasteiger partial charge < -0.3 is 14.9 Å². The highest BCUT2D eigenvalue weighted by molar-refractivity contribution is 5.89. The van der Waals surface area contributed by atoms with Crippen molar-refractivity contribution in [1.29, 1.82) is 5.26 Å². The lowest BCUT2D eigenvalue weighted by Gasteiger charge is -2.19. The van der Waals surface area contributed by atoms with Crippen LogP contribution < -0.4 is 5.73 Å². The van der Waals surface area contributed by atoms with Crippen molar-refractivity contribution >= 4 is 11.9 Å². The zero-order valence-electron chi connectivity index (χ0n) is 14.3. The number of furan rings is 1. The standard InChI is InChI=1S/C19H22N2O3/c1-19(2,3)24-18(22)14-9-7-13(8-10-14)5-4-6-15-12-23-17(21)16(15)11-20/h7-10,12H,4-6,21H2,1-3H3. The molecule has 0 fully saturated rings. The maximum atomic E-state index is 12.0. The maximum absolute atomic E-state index is 12.0. The molecule has 5 heteroatoms. The molecule has 0 atom stereocenters. The number of carbonyl (C=O) groups excluding carboxylic acids is 1. The second-order valence-corrected chi connectivity index (χ2v) is 6.66. The van der Waals surface area contributed by atoms with Gasteiger partial charge in [-0.2, -0.15) is 5.26 Å². The fourth-order valence-electron chi connectivity index (χ4n) is 2.35. The van der Waals surface area contributed by atoms with E-state index in [0.29, 0.717) is 11.1 Å². The van der Waals surface area contributed by atoms with Crippen molar-refractivity contribution in [2.45, 2.75) is 45.6 Å². The smallest absolute Gasteiger partial charge is 0.338 e. The van der Waals surface area contributed by atoms with Crippen LogP contribution >= 0.6 is 0 Å². The summed E-state index contributed by atoms with van der Waals surface area (Å²) >= 11 is 0. The van der Waals surface area contributed by atoms with Gasteiger partial charge in [0.15, 0.2) is 0 Å². The summed E-state index contributed by atoms with van der Waals surface area (Å²) in [5.41, 5.74) is 8.02. The molecule has 0 spiro atoms. The molecule has 0 aliphatic carbocycles. The van der Waals surface area contributed by atoms with Crippen molar-refractivity contribution in [2.24, 2.45) is 0 Å². The molecule has 0 aliphatic rings. The summed E-state index contributed by atoms with van der Waals surface area (Å²) in [6.45, 7) is 5.53. The molecule has 1 aromatic carbocycles. The van der Waals surface area contributed by atoms with Gasteiger partial charge >= 0.3 is 5.97 Å². The van der Waals surface area contributed by atoms with E-state index < -0.39 is 5.60 Å². The normalized spacial score (nSPS) is 11.1. The van der Waals surface area contributed by atoms with Gasteiger partial charge in [-0.05, 0) is 57.7 Å². The van der Waals surface area contributed by atoms with Gasteiger partial charge in [-0.25, -0.2) is 4.79 Å². The van der Waals surface area contributed by atoms with Crippen molar-refractivity contribution < 1.29 is 13.9 Å². The number of ether oxygens (including phenoxy) is 1. The second kappa shape index (κ2) is 7.22. The summed E-state index contributed by atoms with van der Waals surface area (Å²) in [6, 6.07) is 9.47. The first-order valence-electron chi connectivity index (χ1n) is 7.88. The Morgan fingerprint density at radius 3 is 2.50 bits per heavy atom. The fourth-order valence-corrected chi connectivity index (χ4v) is 2.35. The third kappa shape index (κ3) is 4.63. The molecule has 0 saturated carbocycles. The minimum atomic E-state index is -0.499. The fraction of sp³-hybridized carbons (Fsp3) is 0.368. The summed E-state index contributed by atoms with van der Waals surface area (Å²) in [6.07, 6.45) is 3.96. The monoisotopic (exact) mass is 326 g/mol. The Labute approximate surface area is 142 Å². The average Bonchev–Trinajstić information content (AvgIpc) is 2.86. The number of nitrogens with zero attached hydrogens (tertiary/aromatic N) is 1. The molecule has 1 heterocycles. The Hall–Kier alpha value is -2.74. The number of anilines is 1. The number of esters is 1. The lowest BCUT2D eigenvalue weighted by atomic mass is 10.0. The Kier molecular flexibility index (Phi) is 5.30. The summed E-state index contributed by atoms with van der Waals surface area (Å²) in [7, 11) is 0. The summed E-state index contributed by atoms with van der Waals surface area (Å²) in [4.78, 5) is 12.0. The van der Waals surface area contributed by atoms with Crippen LogP contribution in [0.25, 0.3) is 0 Å². The molecule has 126 valence electrons. The van der Waals surface area contributed by atoms with Gasteiger partial charge in [-0.1, -0.05) is 12.1 Å². The number of nitrogen functional groups attached to an aromatic ring is 1. The Morgan fingerprint density at radius 1 is 1.25 bits per heavy atom.